The third kappa shape index (κ3) is 6.50. The van der Waals surface area contributed by atoms with Gasteiger partial charge in [0.05, 0.1) is 7.11 Å². The van der Waals surface area contributed by atoms with Crippen LogP contribution in [0.25, 0.3) is 11.1 Å². The molecule has 0 saturated heterocycles. The van der Waals surface area contributed by atoms with Crippen molar-refractivity contribution in [1.29, 1.82) is 0 Å². The van der Waals surface area contributed by atoms with Crippen LogP contribution in [0.4, 0.5) is 0 Å². The third-order valence-corrected chi connectivity index (χ3v) is 6.88. The van der Waals surface area contributed by atoms with Gasteiger partial charge in [0.1, 0.15) is 11.5 Å². The van der Waals surface area contributed by atoms with Gasteiger partial charge in [-0.05, 0) is 44.9 Å². The van der Waals surface area contributed by atoms with Crippen LogP contribution in [0.5, 0.6) is 11.5 Å². The van der Waals surface area contributed by atoms with Crippen molar-refractivity contribution in [2.75, 3.05) is 13.8 Å². The Morgan fingerprint density at radius 2 is 0.941 bits per heavy atom. The summed E-state index contributed by atoms with van der Waals surface area (Å²) in [5, 5.41) is 0. The van der Waals surface area contributed by atoms with E-state index >= 15 is 0 Å². The minimum atomic E-state index is -1.13. The molecule has 2 aromatic carbocycles. The molecule has 190 valence electrons. The van der Waals surface area contributed by atoms with Crippen molar-refractivity contribution in [2.45, 2.75) is 105 Å². The molecule has 0 aliphatic heterocycles. The SMILES string of the molecule is COc1c(-c2cc(C(C)(C)C)cc(C(C)(C)C)c2OP(C)Cl)cc(C(C)(C)C)cc1C(C)(C)C. The standard InChI is InChI=1S/C30H46ClO2P/c1-27(2,3)19-15-21(25(32-13)23(17-19)29(7,8)9)22-16-20(28(4,5)6)18-24(30(10,11)12)26(22)33-34(14)31/h15-18H,1-14H3. The second-order valence-corrected chi connectivity index (χ2v) is 16.0. The molecular weight excluding hydrogens is 459 g/mol. The van der Waals surface area contributed by atoms with Crippen LogP contribution in [0, 0.1) is 0 Å². The lowest BCUT2D eigenvalue weighted by Gasteiger charge is -2.32. The van der Waals surface area contributed by atoms with Crippen LogP contribution < -0.4 is 9.26 Å². The summed E-state index contributed by atoms with van der Waals surface area (Å²) in [5.74, 6) is 1.78. The van der Waals surface area contributed by atoms with Crippen molar-refractivity contribution in [3.05, 3.63) is 46.5 Å². The van der Waals surface area contributed by atoms with Crippen LogP contribution in [0.3, 0.4) is 0 Å². The molecule has 0 aliphatic carbocycles. The summed E-state index contributed by atoms with van der Waals surface area (Å²) >= 11 is 6.52. The van der Waals surface area contributed by atoms with E-state index in [0.29, 0.717) is 0 Å². The molecule has 34 heavy (non-hydrogen) atoms. The molecule has 0 aliphatic rings. The van der Waals surface area contributed by atoms with E-state index in [2.05, 4.69) is 107 Å². The average molecular weight is 505 g/mol. The zero-order valence-corrected chi connectivity index (χ0v) is 25.6. The number of halogens is 1. The minimum Gasteiger partial charge on any atom is -0.496 e. The Kier molecular flexibility index (Phi) is 8.24. The predicted octanol–water partition coefficient (Wildman–Crippen LogP) is 10.1. The fourth-order valence-corrected chi connectivity index (χ4v) is 4.74. The Bertz CT molecular complexity index is 1030. The first-order chi connectivity index (χ1) is 15.2. The van der Waals surface area contributed by atoms with Gasteiger partial charge in [-0.15, -0.1) is 0 Å². The highest BCUT2D eigenvalue weighted by Gasteiger charge is 2.31. The van der Waals surface area contributed by atoms with Gasteiger partial charge in [0.15, 0.2) is 7.50 Å². The van der Waals surface area contributed by atoms with E-state index in [-0.39, 0.29) is 21.7 Å². The second-order valence-electron chi connectivity index (χ2n) is 13.5. The maximum absolute atomic E-state index is 6.52. The highest BCUT2D eigenvalue weighted by Crippen LogP contribution is 2.52. The van der Waals surface area contributed by atoms with Gasteiger partial charge in [-0.3, -0.25) is 0 Å². The summed E-state index contributed by atoms with van der Waals surface area (Å²) < 4.78 is 12.6. The number of benzene rings is 2. The van der Waals surface area contributed by atoms with Crippen LogP contribution in [0.1, 0.15) is 105 Å². The highest BCUT2D eigenvalue weighted by molar-refractivity contribution is 7.79. The Hall–Kier alpha value is -1.24. The molecule has 0 radical (unpaired) electrons. The molecule has 4 heteroatoms. The number of methoxy groups -OCH3 is 1. The first-order valence-corrected chi connectivity index (χ1v) is 14.8. The van der Waals surface area contributed by atoms with Gasteiger partial charge in [-0.25, -0.2) is 0 Å². The van der Waals surface area contributed by atoms with Crippen LogP contribution in [-0.2, 0) is 21.7 Å². The largest absolute Gasteiger partial charge is 0.496 e. The lowest BCUT2D eigenvalue weighted by atomic mass is 9.75. The molecule has 1 unspecified atom stereocenters. The number of hydrogen-bond donors (Lipinski definition) is 0. The summed E-state index contributed by atoms with van der Waals surface area (Å²) in [6.07, 6.45) is 0. The van der Waals surface area contributed by atoms with E-state index in [4.69, 9.17) is 20.5 Å². The van der Waals surface area contributed by atoms with Gasteiger partial charge in [-0.2, -0.15) is 0 Å². The molecule has 0 saturated carbocycles. The summed E-state index contributed by atoms with van der Waals surface area (Å²) in [5.41, 5.74) is 6.82. The van der Waals surface area contributed by atoms with Gasteiger partial charge in [0, 0.05) is 28.9 Å². The summed E-state index contributed by atoms with van der Waals surface area (Å²) in [6.45, 7) is 29.0. The molecule has 2 aromatic rings. The number of hydrogen-bond acceptors (Lipinski definition) is 2. The van der Waals surface area contributed by atoms with E-state index in [1.165, 1.54) is 22.3 Å². The molecule has 0 aromatic heterocycles. The van der Waals surface area contributed by atoms with E-state index in [1.807, 2.05) is 6.66 Å². The van der Waals surface area contributed by atoms with E-state index < -0.39 is 7.50 Å². The number of ether oxygens (including phenoxy) is 1. The van der Waals surface area contributed by atoms with E-state index in [0.717, 1.165) is 22.6 Å². The first-order valence-electron chi connectivity index (χ1n) is 12.2. The maximum atomic E-state index is 6.52. The van der Waals surface area contributed by atoms with Crippen LogP contribution in [-0.4, -0.2) is 13.8 Å². The molecule has 2 nitrogen and oxygen atoms in total. The molecule has 0 N–H and O–H groups in total. The van der Waals surface area contributed by atoms with Crippen LogP contribution >= 0.6 is 18.7 Å². The van der Waals surface area contributed by atoms with Crippen molar-refractivity contribution in [2.24, 2.45) is 0 Å². The van der Waals surface area contributed by atoms with Gasteiger partial charge in [0.2, 0.25) is 0 Å². The molecule has 0 spiro atoms. The summed E-state index contributed by atoms with van der Waals surface area (Å²) in [7, 11) is 0.648. The topological polar surface area (TPSA) is 18.5 Å². The number of rotatable bonds is 4. The highest BCUT2D eigenvalue weighted by atomic mass is 35.7. The normalized spacial score (nSPS) is 14.2. The van der Waals surface area contributed by atoms with Crippen LogP contribution in [0.2, 0.25) is 0 Å². The molecule has 2 rings (SSSR count). The lowest BCUT2D eigenvalue weighted by Crippen LogP contribution is -2.19. The monoisotopic (exact) mass is 504 g/mol. The Morgan fingerprint density at radius 1 is 0.588 bits per heavy atom. The summed E-state index contributed by atoms with van der Waals surface area (Å²) in [4.78, 5) is 0. The van der Waals surface area contributed by atoms with Crippen molar-refractivity contribution in [3.63, 3.8) is 0 Å². The molecule has 0 bridgehead atoms. The zero-order valence-electron chi connectivity index (χ0n) is 24.0. The van der Waals surface area contributed by atoms with Gasteiger partial charge in [0.25, 0.3) is 0 Å². The lowest BCUT2D eigenvalue weighted by molar-refractivity contribution is 0.398. The van der Waals surface area contributed by atoms with E-state index in [9.17, 15) is 0 Å². The maximum Gasteiger partial charge on any atom is 0.179 e. The van der Waals surface area contributed by atoms with Crippen molar-refractivity contribution >= 4 is 18.7 Å². The summed E-state index contributed by atoms with van der Waals surface area (Å²) in [6, 6.07) is 9.20. The molecule has 0 amide bonds. The first kappa shape index (κ1) is 29.0. The molecule has 1 atom stereocenters. The van der Waals surface area contributed by atoms with Crippen LogP contribution in [0.15, 0.2) is 24.3 Å². The molecular formula is C30H46ClO2P. The van der Waals surface area contributed by atoms with Gasteiger partial charge in [-0.1, -0.05) is 106 Å². The second kappa shape index (κ2) is 9.67. The third-order valence-electron chi connectivity index (χ3n) is 6.24. The molecule has 0 fully saturated rings. The Balaban J connectivity index is 3.18. The van der Waals surface area contributed by atoms with Gasteiger partial charge >= 0.3 is 0 Å². The fourth-order valence-electron chi connectivity index (χ4n) is 4.08. The minimum absolute atomic E-state index is 0.0135. The van der Waals surface area contributed by atoms with E-state index in [1.54, 1.807) is 7.11 Å². The quantitative estimate of drug-likeness (QED) is 0.385. The zero-order chi connectivity index (χ0) is 26.4. The van der Waals surface area contributed by atoms with Crippen molar-refractivity contribution < 1.29 is 9.26 Å². The fraction of sp³-hybridized carbons (Fsp3) is 0.600. The predicted molar refractivity (Wildman–Crippen MR) is 153 cm³/mol. The van der Waals surface area contributed by atoms with Crippen molar-refractivity contribution in [3.8, 4) is 22.6 Å². The smallest absolute Gasteiger partial charge is 0.179 e. The van der Waals surface area contributed by atoms with Crippen molar-refractivity contribution in [1.82, 2.24) is 0 Å². The Morgan fingerprint density at radius 3 is 1.24 bits per heavy atom. The average Bonchev–Trinajstić information content (AvgIpc) is 2.63. The van der Waals surface area contributed by atoms with Gasteiger partial charge < -0.3 is 9.26 Å². The Labute approximate surface area is 215 Å². The molecule has 0 heterocycles.